The van der Waals surface area contributed by atoms with Crippen LogP contribution in [0.5, 0.6) is 5.75 Å². The van der Waals surface area contributed by atoms with E-state index in [2.05, 4.69) is 5.32 Å². The number of phenolic OH excluding ortho intramolecular Hbond substituents is 1. The number of carbonyl (C=O) groups is 3. The fraction of sp³-hybridized carbons (Fsp3) is 0.406. The molecule has 0 saturated heterocycles. The van der Waals surface area contributed by atoms with Gasteiger partial charge in [-0.1, -0.05) is 44.2 Å². The van der Waals surface area contributed by atoms with E-state index in [0.29, 0.717) is 17.7 Å². The number of carbonyl (C=O) groups excluding carboxylic acids is 3. The van der Waals surface area contributed by atoms with Gasteiger partial charge in [-0.05, 0) is 41.9 Å². The van der Waals surface area contributed by atoms with Crippen LogP contribution in [0.3, 0.4) is 0 Å². The maximum Gasteiger partial charge on any atom is 0.255 e. The molecule has 10 nitrogen and oxygen atoms in total. The van der Waals surface area contributed by atoms with Crippen molar-refractivity contribution in [2.45, 2.75) is 45.4 Å². The van der Waals surface area contributed by atoms with Crippen molar-refractivity contribution in [3.05, 3.63) is 75.6 Å². The Kier molecular flexibility index (Phi) is 7.40. The molecule has 42 heavy (non-hydrogen) atoms. The molecule has 0 heterocycles. The van der Waals surface area contributed by atoms with E-state index < -0.39 is 57.9 Å². The van der Waals surface area contributed by atoms with Gasteiger partial charge >= 0.3 is 0 Å². The number of hydrogen-bond acceptors (Lipinski definition) is 9. The second-order valence-corrected chi connectivity index (χ2v) is 12.1. The van der Waals surface area contributed by atoms with E-state index in [1.54, 1.807) is 13.8 Å². The number of phenols is 1. The average molecular weight is 576 g/mol. The second kappa shape index (κ2) is 10.6. The molecule has 1 amide bonds. The minimum absolute atomic E-state index is 0.0831. The van der Waals surface area contributed by atoms with E-state index in [4.69, 9.17) is 5.73 Å². The zero-order valence-electron chi connectivity index (χ0n) is 24.1. The molecule has 5 rings (SSSR count). The molecular formula is C32H37N3O7. The van der Waals surface area contributed by atoms with Crippen molar-refractivity contribution in [3.8, 4) is 5.75 Å². The molecule has 0 aromatic heterocycles. The highest BCUT2D eigenvalue weighted by Crippen LogP contribution is 2.55. The third-order valence-electron chi connectivity index (χ3n) is 8.99. The van der Waals surface area contributed by atoms with Crippen LogP contribution in [0.25, 0.3) is 5.76 Å². The summed E-state index contributed by atoms with van der Waals surface area (Å²) < 4.78 is 0. The monoisotopic (exact) mass is 575 g/mol. The van der Waals surface area contributed by atoms with Crippen molar-refractivity contribution in [1.29, 1.82) is 0 Å². The highest BCUT2D eigenvalue weighted by Gasteiger charge is 2.64. The molecule has 7 N–H and O–H groups in total. The molecule has 10 heteroatoms. The summed E-state index contributed by atoms with van der Waals surface area (Å²) in [5.74, 6) is -7.69. The number of primary amides is 1. The highest BCUT2D eigenvalue weighted by molar-refractivity contribution is 6.23. The van der Waals surface area contributed by atoms with Crippen molar-refractivity contribution >= 4 is 28.9 Å². The van der Waals surface area contributed by atoms with Crippen LogP contribution >= 0.6 is 0 Å². The number of nitrogens with two attached hydrogens (primary N) is 1. The van der Waals surface area contributed by atoms with Crippen LogP contribution in [0.4, 0.5) is 5.69 Å². The Morgan fingerprint density at radius 2 is 1.79 bits per heavy atom. The number of aromatic hydroxyl groups is 1. The first kappa shape index (κ1) is 29.3. The summed E-state index contributed by atoms with van der Waals surface area (Å²) in [4.78, 5) is 41.5. The topological polar surface area (TPSA) is 173 Å². The molecule has 4 atom stereocenters. The Labute approximate surface area is 244 Å². The standard InChI is InChI=1S/C32H37N3O7/c1-15(2)22-20-11-17-10-19-21(35(3)4)12-18(14-34-13-16-8-6-5-7-9-16)26(36)24(19)28(38)23(17)29(39)32(20,42)30(40)25(27(22)37)31(33)41/h5-9,12,15,17,20,22,34,36,38,40,42H,10-11,13-14H2,1-4H3,(H2,33,41)/t17-,20-,22-,32-/m0/s1. The summed E-state index contributed by atoms with van der Waals surface area (Å²) in [5, 5.41) is 49.2. The molecule has 222 valence electrons. The van der Waals surface area contributed by atoms with Gasteiger partial charge in [0, 0.05) is 55.8 Å². The summed E-state index contributed by atoms with van der Waals surface area (Å²) in [6.45, 7) is 4.29. The number of aliphatic hydroxyl groups excluding tert-OH is 2. The second-order valence-electron chi connectivity index (χ2n) is 12.1. The van der Waals surface area contributed by atoms with Gasteiger partial charge in [-0.2, -0.15) is 0 Å². The quantitative estimate of drug-likeness (QED) is 0.271. The number of aliphatic hydroxyl groups is 3. The van der Waals surface area contributed by atoms with Crippen LogP contribution in [-0.4, -0.2) is 57.6 Å². The molecular weight excluding hydrogens is 538 g/mol. The number of anilines is 1. The molecule has 1 saturated carbocycles. The normalized spacial score (nSPS) is 25.3. The third kappa shape index (κ3) is 4.37. The van der Waals surface area contributed by atoms with Crippen LogP contribution < -0.4 is 16.0 Å². The fourth-order valence-corrected chi connectivity index (χ4v) is 7.06. The molecule has 0 bridgehead atoms. The van der Waals surface area contributed by atoms with Crippen LogP contribution in [0.2, 0.25) is 0 Å². The molecule has 0 unspecified atom stereocenters. The number of fused-ring (bicyclic) bond motifs is 3. The molecule has 3 aliphatic rings. The Bertz CT molecular complexity index is 1540. The molecule has 0 aliphatic heterocycles. The molecule has 3 aliphatic carbocycles. The van der Waals surface area contributed by atoms with Gasteiger partial charge in [0.2, 0.25) is 5.78 Å². The van der Waals surface area contributed by atoms with E-state index in [1.807, 2.05) is 55.4 Å². The number of benzene rings is 2. The SMILES string of the molecule is CC(C)[C@@H]1C(=O)C(C(N)=O)=C(O)[C@@]2(O)C(=O)C3=C(O)c4c(O)c(CNCc5ccccc5)cc(N(C)C)c4C[C@H]3C[C@@H]12. The number of nitrogens with zero attached hydrogens (tertiary/aromatic N) is 1. The summed E-state index contributed by atoms with van der Waals surface area (Å²) in [6.07, 6.45) is 0.331. The lowest BCUT2D eigenvalue weighted by molar-refractivity contribution is -0.155. The number of nitrogens with one attached hydrogen (secondary N) is 1. The van der Waals surface area contributed by atoms with Gasteiger partial charge in [0.1, 0.15) is 22.8 Å². The molecule has 0 spiro atoms. The largest absolute Gasteiger partial charge is 0.508 e. The number of ketones is 2. The van der Waals surface area contributed by atoms with Crippen LogP contribution in [0.15, 0.2) is 53.3 Å². The highest BCUT2D eigenvalue weighted by atomic mass is 16.3. The van der Waals surface area contributed by atoms with Crippen molar-refractivity contribution in [2.24, 2.45) is 29.4 Å². The van der Waals surface area contributed by atoms with Gasteiger partial charge in [0.05, 0.1) is 5.56 Å². The number of hydrogen-bond donors (Lipinski definition) is 6. The minimum atomic E-state index is -2.63. The first-order valence-electron chi connectivity index (χ1n) is 14.1. The van der Waals surface area contributed by atoms with Gasteiger partial charge in [0.25, 0.3) is 5.91 Å². The summed E-state index contributed by atoms with van der Waals surface area (Å²) in [6, 6.07) is 11.6. The van der Waals surface area contributed by atoms with Crippen molar-refractivity contribution in [3.63, 3.8) is 0 Å². The minimum Gasteiger partial charge on any atom is -0.508 e. The number of rotatable bonds is 7. The first-order valence-corrected chi connectivity index (χ1v) is 14.1. The molecule has 0 radical (unpaired) electrons. The van der Waals surface area contributed by atoms with Crippen LogP contribution in [-0.2, 0) is 33.9 Å². The zero-order valence-corrected chi connectivity index (χ0v) is 24.1. The lowest BCUT2D eigenvalue weighted by atomic mass is 9.54. The smallest absolute Gasteiger partial charge is 0.255 e. The van der Waals surface area contributed by atoms with Crippen molar-refractivity contribution in [1.82, 2.24) is 5.32 Å². The first-order chi connectivity index (χ1) is 19.8. The number of Topliss-reactive ketones (excluding diaryl/α,β-unsaturated/α-hetero) is 2. The average Bonchev–Trinajstić information content (AvgIpc) is 2.92. The lowest BCUT2D eigenvalue weighted by Crippen LogP contribution is -2.62. The summed E-state index contributed by atoms with van der Waals surface area (Å²) in [5.41, 5.74) is 4.87. The van der Waals surface area contributed by atoms with Gasteiger partial charge < -0.3 is 36.4 Å². The Morgan fingerprint density at radius 1 is 1.12 bits per heavy atom. The van der Waals surface area contributed by atoms with Crippen molar-refractivity contribution in [2.75, 3.05) is 19.0 Å². The lowest BCUT2D eigenvalue weighted by Gasteiger charge is -2.50. The van der Waals surface area contributed by atoms with Crippen LogP contribution in [0.1, 0.15) is 42.5 Å². The van der Waals surface area contributed by atoms with Gasteiger partial charge in [-0.15, -0.1) is 0 Å². The third-order valence-corrected chi connectivity index (χ3v) is 8.99. The predicted molar refractivity (Wildman–Crippen MR) is 156 cm³/mol. The van der Waals surface area contributed by atoms with Crippen LogP contribution in [0, 0.1) is 23.7 Å². The van der Waals surface area contributed by atoms with E-state index >= 15 is 0 Å². The van der Waals surface area contributed by atoms with E-state index in [9.17, 15) is 34.8 Å². The summed E-state index contributed by atoms with van der Waals surface area (Å²) in [7, 11) is 3.69. The number of amides is 1. The Hall–Kier alpha value is -4.15. The molecule has 2 aromatic rings. The van der Waals surface area contributed by atoms with E-state index in [0.717, 1.165) is 11.3 Å². The van der Waals surface area contributed by atoms with Gasteiger partial charge in [-0.3, -0.25) is 14.4 Å². The zero-order chi connectivity index (χ0) is 30.7. The molecule has 2 aromatic carbocycles. The Balaban J connectivity index is 1.63. The predicted octanol–water partition coefficient (Wildman–Crippen LogP) is 2.66. The van der Waals surface area contributed by atoms with E-state index in [-0.39, 0.29) is 42.2 Å². The molecule has 1 fully saturated rings. The fourth-order valence-electron chi connectivity index (χ4n) is 7.06. The van der Waals surface area contributed by atoms with E-state index in [1.165, 1.54) is 0 Å². The summed E-state index contributed by atoms with van der Waals surface area (Å²) >= 11 is 0. The van der Waals surface area contributed by atoms with Crippen molar-refractivity contribution < 1.29 is 34.8 Å². The maximum absolute atomic E-state index is 14.1. The van der Waals surface area contributed by atoms with Gasteiger partial charge in [0.15, 0.2) is 11.4 Å². The van der Waals surface area contributed by atoms with Gasteiger partial charge in [-0.25, -0.2) is 0 Å². The Morgan fingerprint density at radius 3 is 2.38 bits per heavy atom. The maximum atomic E-state index is 14.1.